The smallest absolute Gasteiger partial charge is 0.274 e. The Bertz CT molecular complexity index is 672. The molecule has 0 saturated heterocycles. The van der Waals surface area contributed by atoms with Gasteiger partial charge in [-0.05, 0) is 30.3 Å². The molecule has 4 nitrogen and oxygen atoms in total. The minimum Gasteiger partial charge on any atom is -0.384 e. The predicted molar refractivity (Wildman–Crippen MR) is 72.6 cm³/mol. The topological polar surface area (TPSA) is 62.2 Å². The maximum atomic E-state index is 12.7. The van der Waals surface area contributed by atoms with E-state index in [2.05, 4.69) is 22.1 Å². The number of rotatable bonds is 2. The van der Waals surface area contributed by atoms with Crippen LogP contribution < -0.4 is 5.32 Å². The number of amides is 1. The van der Waals surface area contributed by atoms with E-state index in [0.717, 1.165) is 6.20 Å². The maximum Gasteiger partial charge on any atom is 0.274 e. The van der Waals surface area contributed by atoms with Crippen LogP contribution in [0.2, 0.25) is 0 Å². The van der Waals surface area contributed by atoms with Crippen LogP contribution in [0.3, 0.4) is 0 Å². The quantitative estimate of drug-likeness (QED) is 0.818. The lowest BCUT2D eigenvalue weighted by atomic mass is 10.2. The highest BCUT2D eigenvalue weighted by Gasteiger charge is 2.07. The van der Waals surface area contributed by atoms with Crippen LogP contribution in [0.15, 0.2) is 42.6 Å². The number of anilines is 1. The molecule has 0 spiro atoms. The molecule has 0 unspecified atom stereocenters. The molecule has 0 fully saturated rings. The van der Waals surface area contributed by atoms with Gasteiger partial charge in [-0.3, -0.25) is 4.79 Å². The van der Waals surface area contributed by atoms with Crippen molar-refractivity contribution in [1.29, 1.82) is 0 Å². The Labute approximate surface area is 115 Å². The second-order valence-corrected chi connectivity index (χ2v) is 3.86. The zero-order chi connectivity index (χ0) is 14.4. The van der Waals surface area contributed by atoms with Gasteiger partial charge in [-0.1, -0.05) is 17.9 Å². The number of hydrogen-bond donors (Lipinski definition) is 2. The Morgan fingerprint density at radius 3 is 2.90 bits per heavy atom. The molecule has 100 valence electrons. The number of carbonyl (C=O) groups is 1. The molecule has 1 amide bonds. The molecular formula is C15H11FN2O2. The van der Waals surface area contributed by atoms with Gasteiger partial charge in [0, 0.05) is 11.3 Å². The van der Waals surface area contributed by atoms with Gasteiger partial charge in [0.25, 0.3) is 5.91 Å². The van der Waals surface area contributed by atoms with Crippen LogP contribution in [0, 0.1) is 17.7 Å². The third-order valence-electron chi connectivity index (χ3n) is 2.39. The first-order valence-electron chi connectivity index (χ1n) is 5.82. The summed E-state index contributed by atoms with van der Waals surface area (Å²) in [6, 6.07) is 9.34. The molecule has 0 radical (unpaired) electrons. The zero-order valence-electron chi connectivity index (χ0n) is 10.4. The van der Waals surface area contributed by atoms with Crippen LogP contribution in [0.5, 0.6) is 0 Å². The van der Waals surface area contributed by atoms with Crippen molar-refractivity contribution in [2.75, 3.05) is 11.9 Å². The van der Waals surface area contributed by atoms with E-state index in [1.165, 1.54) is 12.1 Å². The molecule has 0 aliphatic heterocycles. The van der Waals surface area contributed by atoms with Crippen molar-refractivity contribution < 1.29 is 14.3 Å². The van der Waals surface area contributed by atoms with E-state index in [4.69, 9.17) is 5.11 Å². The predicted octanol–water partition coefficient (Wildman–Crippen LogP) is 1.82. The van der Waals surface area contributed by atoms with Crippen LogP contribution in [0.1, 0.15) is 16.1 Å². The molecule has 2 N–H and O–H groups in total. The van der Waals surface area contributed by atoms with E-state index in [0.29, 0.717) is 11.3 Å². The molecule has 0 bridgehead atoms. The van der Waals surface area contributed by atoms with Gasteiger partial charge in [0.1, 0.15) is 18.1 Å². The lowest BCUT2D eigenvalue weighted by Crippen LogP contribution is -2.13. The largest absolute Gasteiger partial charge is 0.384 e. The SMILES string of the molecule is O=C(Nc1cccc(C#CCO)c1)c1ccc(F)cn1. The van der Waals surface area contributed by atoms with Crippen LogP contribution >= 0.6 is 0 Å². The molecule has 1 aromatic heterocycles. The minimum atomic E-state index is -0.497. The summed E-state index contributed by atoms with van der Waals surface area (Å²) in [6.07, 6.45) is 0.984. The van der Waals surface area contributed by atoms with Crippen molar-refractivity contribution >= 4 is 11.6 Å². The summed E-state index contributed by atoms with van der Waals surface area (Å²) in [6.45, 7) is -0.226. The van der Waals surface area contributed by atoms with E-state index in [9.17, 15) is 9.18 Å². The summed E-state index contributed by atoms with van der Waals surface area (Å²) < 4.78 is 12.7. The molecule has 2 rings (SSSR count). The van der Waals surface area contributed by atoms with E-state index in [1.807, 2.05) is 0 Å². The monoisotopic (exact) mass is 270 g/mol. The summed E-state index contributed by atoms with van der Waals surface area (Å²) in [4.78, 5) is 15.6. The number of nitrogens with zero attached hydrogens (tertiary/aromatic N) is 1. The summed E-state index contributed by atoms with van der Waals surface area (Å²) >= 11 is 0. The minimum absolute atomic E-state index is 0.123. The maximum absolute atomic E-state index is 12.7. The molecule has 1 heterocycles. The van der Waals surface area contributed by atoms with E-state index in [1.54, 1.807) is 24.3 Å². The van der Waals surface area contributed by atoms with Gasteiger partial charge < -0.3 is 10.4 Å². The van der Waals surface area contributed by atoms with Crippen molar-refractivity contribution in [3.63, 3.8) is 0 Å². The Morgan fingerprint density at radius 2 is 2.20 bits per heavy atom. The van der Waals surface area contributed by atoms with Gasteiger partial charge >= 0.3 is 0 Å². The summed E-state index contributed by atoms with van der Waals surface area (Å²) in [7, 11) is 0. The first-order valence-corrected chi connectivity index (χ1v) is 5.82. The van der Waals surface area contributed by atoms with Crippen LogP contribution in [-0.2, 0) is 0 Å². The number of aromatic nitrogens is 1. The number of hydrogen-bond acceptors (Lipinski definition) is 3. The average molecular weight is 270 g/mol. The molecule has 0 aliphatic rings. The highest BCUT2D eigenvalue weighted by atomic mass is 19.1. The van der Waals surface area contributed by atoms with Gasteiger partial charge in [0.05, 0.1) is 6.20 Å². The highest BCUT2D eigenvalue weighted by Crippen LogP contribution is 2.11. The van der Waals surface area contributed by atoms with E-state index in [-0.39, 0.29) is 12.3 Å². The van der Waals surface area contributed by atoms with E-state index >= 15 is 0 Å². The third-order valence-corrected chi connectivity index (χ3v) is 2.39. The second-order valence-electron chi connectivity index (χ2n) is 3.86. The van der Waals surface area contributed by atoms with Crippen molar-refractivity contribution in [3.8, 4) is 11.8 Å². The number of carbonyl (C=O) groups excluding carboxylic acids is 1. The van der Waals surface area contributed by atoms with E-state index < -0.39 is 11.7 Å². The standard InChI is InChI=1S/C15H11FN2O2/c16-12-6-7-14(17-10-12)15(20)18-13-5-1-3-11(9-13)4-2-8-19/h1,3,5-7,9-10,19H,8H2,(H,18,20). The Kier molecular flexibility index (Phi) is 4.43. The summed E-state index contributed by atoms with van der Waals surface area (Å²) in [5.74, 6) is 4.33. The van der Waals surface area contributed by atoms with Crippen LogP contribution in [0.25, 0.3) is 0 Å². The molecule has 0 atom stereocenters. The Morgan fingerprint density at radius 1 is 1.35 bits per heavy atom. The number of aliphatic hydroxyl groups is 1. The molecule has 0 aliphatic carbocycles. The molecular weight excluding hydrogens is 259 g/mol. The van der Waals surface area contributed by atoms with Gasteiger partial charge in [0.2, 0.25) is 0 Å². The van der Waals surface area contributed by atoms with Gasteiger partial charge in [-0.25, -0.2) is 9.37 Å². The van der Waals surface area contributed by atoms with Crippen molar-refractivity contribution in [3.05, 3.63) is 59.7 Å². The number of halogens is 1. The van der Waals surface area contributed by atoms with Gasteiger partial charge in [0.15, 0.2) is 0 Å². The fourth-order valence-corrected chi connectivity index (χ4v) is 1.52. The Hall–Kier alpha value is -2.71. The lowest BCUT2D eigenvalue weighted by Gasteiger charge is -2.04. The molecule has 5 heteroatoms. The third kappa shape index (κ3) is 3.64. The number of aliphatic hydroxyl groups excluding tert-OH is 1. The average Bonchev–Trinajstić information content (AvgIpc) is 2.46. The number of nitrogens with one attached hydrogen (secondary N) is 1. The fourth-order valence-electron chi connectivity index (χ4n) is 1.52. The lowest BCUT2D eigenvalue weighted by molar-refractivity contribution is 0.102. The van der Waals surface area contributed by atoms with Crippen molar-refractivity contribution in [2.24, 2.45) is 0 Å². The molecule has 0 saturated carbocycles. The van der Waals surface area contributed by atoms with Crippen LogP contribution in [-0.4, -0.2) is 22.6 Å². The molecule has 2 aromatic rings. The highest BCUT2D eigenvalue weighted by molar-refractivity contribution is 6.02. The molecule has 20 heavy (non-hydrogen) atoms. The normalized spacial score (nSPS) is 9.50. The van der Waals surface area contributed by atoms with Crippen molar-refractivity contribution in [1.82, 2.24) is 4.98 Å². The van der Waals surface area contributed by atoms with Crippen molar-refractivity contribution in [2.45, 2.75) is 0 Å². The first kappa shape index (κ1) is 13.7. The molecule has 1 aromatic carbocycles. The number of benzene rings is 1. The first-order chi connectivity index (χ1) is 9.69. The van der Waals surface area contributed by atoms with Gasteiger partial charge in [-0.2, -0.15) is 0 Å². The van der Waals surface area contributed by atoms with Gasteiger partial charge in [-0.15, -0.1) is 0 Å². The zero-order valence-corrected chi connectivity index (χ0v) is 10.4. The second kappa shape index (κ2) is 6.45. The summed E-state index contributed by atoms with van der Waals surface area (Å²) in [5, 5.41) is 11.3. The number of pyridine rings is 1. The van der Waals surface area contributed by atoms with Crippen LogP contribution in [0.4, 0.5) is 10.1 Å². The summed E-state index contributed by atoms with van der Waals surface area (Å²) in [5.41, 5.74) is 1.34. The fraction of sp³-hybridized carbons (Fsp3) is 0.0667. The Balaban J connectivity index is 2.13.